The van der Waals surface area contributed by atoms with Crippen LogP contribution < -0.4 is 0 Å². The Morgan fingerprint density at radius 3 is 2.75 bits per heavy atom. The van der Waals surface area contributed by atoms with E-state index in [2.05, 4.69) is 16.5 Å². The van der Waals surface area contributed by atoms with Crippen molar-refractivity contribution in [1.82, 2.24) is 14.7 Å². The second-order valence-electron chi connectivity index (χ2n) is 6.67. The highest BCUT2D eigenvalue weighted by Crippen LogP contribution is 2.25. The van der Waals surface area contributed by atoms with E-state index in [4.69, 9.17) is 4.74 Å². The van der Waals surface area contributed by atoms with E-state index in [0.717, 1.165) is 18.7 Å². The van der Waals surface area contributed by atoms with Crippen molar-refractivity contribution >= 4 is 23.2 Å². The van der Waals surface area contributed by atoms with Gasteiger partial charge in [0.25, 0.3) is 5.91 Å². The van der Waals surface area contributed by atoms with E-state index in [0.29, 0.717) is 30.0 Å². The standard InChI is InChI=1S/C21H21N3O3S/c1-3-27-21(26)18-12-22-24(14(18)2)17-6-4-15(5-7-17)20(25)23-10-8-19-16(13-23)9-11-28-19/h4-7,9,11-12H,3,8,10,13H2,1-2H3. The van der Waals surface area contributed by atoms with Crippen molar-refractivity contribution in [2.75, 3.05) is 13.2 Å². The normalized spacial score (nSPS) is 13.3. The SMILES string of the molecule is CCOC(=O)c1cnn(-c2ccc(C(=O)N3CCc4sccc4C3)cc2)c1C. The maximum Gasteiger partial charge on any atom is 0.341 e. The van der Waals surface area contributed by atoms with E-state index < -0.39 is 0 Å². The largest absolute Gasteiger partial charge is 0.462 e. The lowest BCUT2D eigenvalue weighted by Crippen LogP contribution is -2.35. The number of hydrogen-bond donors (Lipinski definition) is 0. The first-order valence-corrected chi connectivity index (χ1v) is 10.1. The summed E-state index contributed by atoms with van der Waals surface area (Å²) in [5, 5.41) is 6.38. The van der Waals surface area contributed by atoms with Gasteiger partial charge in [0.15, 0.2) is 0 Å². The first kappa shape index (κ1) is 18.4. The van der Waals surface area contributed by atoms with Gasteiger partial charge >= 0.3 is 5.97 Å². The third kappa shape index (κ3) is 3.33. The van der Waals surface area contributed by atoms with E-state index in [9.17, 15) is 9.59 Å². The summed E-state index contributed by atoms with van der Waals surface area (Å²) in [6, 6.07) is 9.42. The van der Waals surface area contributed by atoms with Gasteiger partial charge in [-0.2, -0.15) is 5.10 Å². The highest BCUT2D eigenvalue weighted by Gasteiger charge is 2.23. The van der Waals surface area contributed by atoms with Crippen molar-refractivity contribution in [3.8, 4) is 5.69 Å². The summed E-state index contributed by atoms with van der Waals surface area (Å²) in [4.78, 5) is 28.1. The quantitative estimate of drug-likeness (QED) is 0.633. The summed E-state index contributed by atoms with van der Waals surface area (Å²) in [6.45, 7) is 5.33. The summed E-state index contributed by atoms with van der Waals surface area (Å²) in [5.74, 6) is -0.344. The summed E-state index contributed by atoms with van der Waals surface area (Å²) in [7, 11) is 0. The minimum atomic E-state index is -0.379. The number of esters is 1. The molecule has 0 spiro atoms. The molecule has 2 aromatic heterocycles. The zero-order valence-electron chi connectivity index (χ0n) is 15.8. The Bertz CT molecular complexity index is 1020. The molecule has 0 unspecified atom stereocenters. The fraction of sp³-hybridized carbons (Fsp3) is 0.286. The maximum atomic E-state index is 12.9. The highest BCUT2D eigenvalue weighted by atomic mass is 32.1. The van der Waals surface area contributed by atoms with E-state index in [1.165, 1.54) is 16.6 Å². The van der Waals surface area contributed by atoms with Gasteiger partial charge < -0.3 is 9.64 Å². The molecule has 0 saturated carbocycles. The number of fused-ring (bicyclic) bond motifs is 1. The Morgan fingerprint density at radius 1 is 1.21 bits per heavy atom. The molecule has 0 radical (unpaired) electrons. The van der Waals surface area contributed by atoms with E-state index in [1.807, 2.05) is 36.1 Å². The fourth-order valence-electron chi connectivity index (χ4n) is 3.43. The fourth-order valence-corrected chi connectivity index (χ4v) is 4.32. The number of nitrogens with zero attached hydrogens (tertiary/aromatic N) is 3. The van der Waals surface area contributed by atoms with Gasteiger partial charge in [-0.25, -0.2) is 9.48 Å². The molecule has 4 rings (SSSR count). The van der Waals surface area contributed by atoms with Crippen LogP contribution in [0.25, 0.3) is 5.69 Å². The van der Waals surface area contributed by atoms with Crippen molar-refractivity contribution in [3.63, 3.8) is 0 Å². The lowest BCUT2D eigenvalue weighted by atomic mass is 10.1. The van der Waals surface area contributed by atoms with E-state index in [1.54, 1.807) is 22.9 Å². The minimum absolute atomic E-state index is 0.0350. The first-order valence-electron chi connectivity index (χ1n) is 9.25. The number of thiophene rings is 1. The molecule has 1 aliphatic heterocycles. The Kier molecular flexibility index (Phi) is 5.00. The van der Waals surface area contributed by atoms with Gasteiger partial charge in [0.1, 0.15) is 5.56 Å². The molecule has 3 aromatic rings. The molecule has 6 nitrogen and oxygen atoms in total. The summed E-state index contributed by atoms with van der Waals surface area (Å²) < 4.78 is 6.73. The molecule has 1 amide bonds. The molecule has 1 aromatic carbocycles. The number of carbonyl (C=O) groups is 2. The first-order chi connectivity index (χ1) is 13.6. The van der Waals surface area contributed by atoms with Crippen molar-refractivity contribution in [3.05, 3.63) is 69.2 Å². The van der Waals surface area contributed by atoms with Crippen LogP contribution >= 0.6 is 11.3 Å². The molecule has 7 heteroatoms. The molecular formula is C21H21N3O3S. The smallest absolute Gasteiger partial charge is 0.341 e. The Labute approximate surface area is 167 Å². The van der Waals surface area contributed by atoms with Gasteiger partial charge in [0.05, 0.1) is 24.2 Å². The predicted octanol–water partition coefficient (Wildman–Crippen LogP) is 3.62. The Hall–Kier alpha value is -2.93. The Morgan fingerprint density at radius 2 is 2.00 bits per heavy atom. The number of benzene rings is 1. The lowest BCUT2D eigenvalue weighted by molar-refractivity contribution is 0.0525. The summed E-state index contributed by atoms with van der Waals surface area (Å²) >= 11 is 1.76. The molecule has 0 fully saturated rings. The Balaban J connectivity index is 1.52. The van der Waals surface area contributed by atoms with Gasteiger partial charge in [-0.3, -0.25) is 4.79 Å². The third-order valence-electron chi connectivity index (χ3n) is 4.96. The molecule has 3 heterocycles. The van der Waals surface area contributed by atoms with Crippen LogP contribution in [0, 0.1) is 6.92 Å². The van der Waals surface area contributed by atoms with Gasteiger partial charge in [-0.05, 0) is 61.5 Å². The zero-order valence-corrected chi connectivity index (χ0v) is 16.7. The molecule has 144 valence electrons. The van der Waals surface area contributed by atoms with Crippen LogP contribution in [-0.4, -0.2) is 39.7 Å². The number of hydrogen-bond acceptors (Lipinski definition) is 5. The zero-order chi connectivity index (χ0) is 19.7. The van der Waals surface area contributed by atoms with Crippen molar-refractivity contribution < 1.29 is 14.3 Å². The predicted molar refractivity (Wildman–Crippen MR) is 107 cm³/mol. The molecule has 0 atom stereocenters. The summed E-state index contributed by atoms with van der Waals surface area (Å²) in [5.41, 5.74) is 3.85. The minimum Gasteiger partial charge on any atom is -0.462 e. The molecule has 0 N–H and O–H groups in total. The maximum absolute atomic E-state index is 12.9. The second-order valence-corrected chi connectivity index (χ2v) is 7.67. The van der Waals surface area contributed by atoms with Crippen LogP contribution in [0.3, 0.4) is 0 Å². The van der Waals surface area contributed by atoms with E-state index >= 15 is 0 Å². The topological polar surface area (TPSA) is 64.4 Å². The lowest BCUT2D eigenvalue weighted by Gasteiger charge is -2.27. The van der Waals surface area contributed by atoms with Gasteiger partial charge in [-0.15, -0.1) is 11.3 Å². The highest BCUT2D eigenvalue weighted by molar-refractivity contribution is 7.10. The van der Waals surface area contributed by atoms with Crippen LogP contribution in [0.15, 0.2) is 41.9 Å². The molecule has 1 aliphatic rings. The molecule has 0 bridgehead atoms. The van der Waals surface area contributed by atoms with Crippen LogP contribution in [0.1, 0.15) is 43.8 Å². The number of aromatic nitrogens is 2. The number of amides is 1. The third-order valence-corrected chi connectivity index (χ3v) is 5.98. The molecule has 28 heavy (non-hydrogen) atoms. The molecule has 0 aliphatic carbocycles. The van der Waals surface area contributed by atoms with Gasteiger partial charge in [0, 0.05) is 23.5 Å². The summed E-state index contributed by atoms with van der Waals surface area (Å²) in [6.07, 6.45) is 2.43. The number of rotatable bonds is 4. The van der Waals surface area contributed by atoms with Crippen molar-refractivity contribution in [2.24, 2.45) is 0 Å². The van der Waals surface area contributed by atoms with Crippen LogP contribution in [0.2, 0.25) is 0 Å². The second kappa shape index (κ2) is 7.59. The monoisotopic (exact) mass is 395 g/mol. The number of carbonyl (C=O) groups excluding carboxylic acids is 2. The van der Waals surface area contributed by atoms with Crippen LogP contribution in [-0.2, 0) is 17.7 Å². The van der Waals surface area contributed by atoms with Crippen LogP contribution in [0.5, 0.6) is 0 Å². The van der Waals surface area contributed by atoms with E-state index in [-0.39, 0.29) is 11.9 Å². The van der Waals surface area contributed by atoms with Crippen molar-refractivity contribution in [1.29, 1.82) is 0 Å². The van der Waals surface area contributed by atoms with Gasteiger partial charge in [0.2, 0.25) is 0 Å². The molecule has 0 saturated heterocycles. The van der Waals surface area contributed by atoms with Gasteiger partial charge in [-0.1, -0.05) is 0 Å². The number of ether oxygens (including phenoxy) is 1. The van der Waals surface area contributed by atoms with Crippen LogP contribution in [0.4, 0.5) is 0 Å². The molecular weight excluding hydrogens is 374 g/mol. The average molecular weight is 395 g/mol. The van der Waals surface area contributed by atoms with Crippen molar-refractivity contribution in [2.45, 2.75) is 26.8 Å². The average Bonchev–Trinajstić information content (AvgIpc) is 3.33.